The lowest BCUT2D eigenvalue weighted by molar-refractivity contribution is -0.124. The molecule has 0 bridgehead atoms. The molecule has 0 radical (unpaired) electrons. The maximum atomic E-state index is 13.0. The summed E-state index contributed by atoms with van der Waals surface area (Å²) in [5.41, 5.74) is 8.82. The number of imidazole rings is 2. The van der Waals surface area contributed by atoms with Gasteiger partial charge in [-0.1, -0.05) is 19.1 Å². The molecular weight excluding hydrogens is 408 g/mol. The Morgan fingerprint density at radius 2 is 2.09 bits per heavy atom. The molecule has 0 aliphatic heterocycles. The normalized spacial score (nSPS) is 21.2. The molecule has 1 saturated carbocycles. The number of carbonyl (C=O) groups excluding carboxylic acids is 1. The standard InChI is InChI=1S/C22H26N8O2/c1-2-17-27-13-6-3-4-8-15(13)29(17)10-18(31)28-14-7-5-9-16(20(14)32)30-12-26-19-21(23)24-11-25-22(19)30/h3-4,6,8,11-12,14,16,20,32H,2,5,7,9-10H2,1H3,(H,28,31)(H2,23,24,25)/t14-,16-,20-/m0/s1. The minimum absolute atomic E-state index is 0.144. The Hall–Kier alpha value is -3.53. The monoisotopic (exact) mass is 434 g/mol. The molecule has 3 aromatic heterocycles. The summed E-state index contributed by atoms with van der Waals surface area (Å²) in [5.74, 6) is 1.03. The zero-order valence-electron chi connectivity index (χ0n) is 17.8. The topological polar surface area (TPSA) is 137 Å². The number of hydrogen-bond acceptors (Lipinski definition) is 7. The van der Waals surface area contributed by atoms with Gasteiger partial charge < -0.3 is 25.3 Å². The molecule has 0 saturated heterocycles. The van der Waals surface area contributed by atoms with Crippen molar-refractivity contribution in [2.75, 3.05) is 5.73 Å². The van der Waals surface area contributed by atoms with Gasteiger partial charge in [0, 0.05) is 6.42 Å². The molecule has 0 unspecified atom stereocenters. The number of nitrogens with two attached hydrogens (primary N) is 1. The van der Waals surface area contributed by atoms with Crippen LogP contribution in [0.15, 0.2) is 36.9 Å². The minimum atomic E-state index is -0.772. The molecular formula is C22H26N8O2. The van der Waals surface area contributed by atoms with E-state index in [1.807, 2.05) is 40.3 Å². The fraction of sp³-hybridized carbons (Fsp3) is 0.409. The van der Waals surface area contributed by atoms with Crippen LogP contribution in [0.25, 0.3) is 22.2 Å². The smallest absolute Gasteiger partial charge is 0.240 e. The summed E-state index contributed by atoms with van der Waals surface area (Å²) >= 11 is 0. The van der Waals surface area contributed by atoms with Gasteiger partial charge in [-0.05, 0) is 31.4 Å². The van der Waals surface area contributed by atoms with Crippen molar-refractivity contribution < 1.29 is 9.90 Å². The van der Waals surface area contributed by atoms with Gasteiger partial charge in [-0.15, -0.1) is 0 Å². The third-order valence-corrected chi connectivity index (χ3v) is 6.26. The molecule has 166 valence electrons. The summed E-state index contributed by atoms with van der Waals surface area (Å²) in [6.45, 7) is 2.19. The van der Waals surface area contributed by atoms with Crippen LogP contribution in [0.2, 0.25) is 0 Å². The summed E-state index contributed by atoms with van der Waals surface area (Å²) < 4.78 is 3.79. The maximum absolute atomic E-state index is 13.0. The lowest BCUT2D eigenvalue weighted by atomic mass is 9.88. The van der Waals surface area contributed by atoms with Gasteiger partial charge in [0.1, 0.15) is 24.2 Å². The number of hydrogen-bond donors (Lipinski definition) is 3. The van der Waals surface area contributed by atoms with Crippen LogP contribution < -0.4 is 11.1 Å². The Morgan fingerprint density at radius 1 is 1.25 bits per heavy atom. The largest absolute Gasteiger partial charge is 0.389 e. The van der Waals surface area contributed by atoms with Crippen LogP contribution in [-0.2, 0) is 17.8 Å². The second-order valence-corrected chi connectivity index (χ2v) is 8.20. The molecule has 0 spiro atoms. The minimum Gasteiger partial charge on any atom is -0.389 e. The fourth-order valence-corrected chi connectivity index (χ4v) is 4.70. The zero-order valence-corrected chi connectivity index (χ0v) is 17.8. The van der Waals surface area contributed by atoms with Gasteiger partial charge in [0.2, 0.25) is 5.91 Å². The van der Waals surface area contributed by atoms with E-state index in [0.717, 1.165) is 36.1 Å². The highest BCUT2D eigenvalue weighted by molar-refractivity contribution is 5.82. The van der Waals surface area contributed by atoms with Crippen LogP contribution in [0.5, 0.6) is 0 Å². The van der Waals surface area contributed by atoms with Crippen LogP contribution in [0, 0.1) is 0 Å². The van der Waals surface area contributed by atoms with E-state index in [2.05, 4.69) is 25.3 Å². The Balaban J connectivity index is 1.34. The third kappa shape index (κ3) is 3.46. The number of benzene rings is 1. The number of anilines is 1. The quantitative estimate of drug-likeness (QED) is 0.434. The first-order chi connectivity index (χ1) is 15.6. The summed E-state index contributed by atoms with van der Waals surface area (Å²) in [5, 5.41) is 14.2. The number of fused-ring (bicyclic) bond motifs is 2. The second kappa shape index (κ2) is 8.19. The van der Waals surface area contributed by atoms with Gasteiger partial charge in [0.05, 0.1) is 35.5 Å². The van der Waals surface area contributed by atoms with Gasteiger partial charge in [-0.2, -0.15) is 0 Å². The highest BCUT2D eigenvalue weighted by Crippen LogP contribution is 2.31. The highest BCUT2D eigenvalue weighted by Gasteiger charge is 2.35. The lowest BCUT2D eigenvalue weighted by Gasteiger charge is -2.36. The Bertz CT molecular complexity index is 1280. The zero-order chi connectivity index (χ0) is 22.2. The van der Waals surface area contributed by atoms with Gasteiger partial charge in [-0.25, -0.2) is 19.9 Å². The first kappa shape index (κ1) is 20.4. The van der Waals surface area contributed by atoms with Crippen molar-refractivity contribution >= 4 is 33.9 Å². The van der Waals surface area contributed by atoms with Crippen LogP contribution >= 0.6 is 0 Å². The van der Waals surface area contributed by atoms with E-state index >= 15 is 0 Å². The van der Waals surface area contributed by atoms with Crippen molar-refractivity contribution in [2.24, 2.45) is 0 Å². The number of aryl methyl sites for hydroxylation is 1. The number of nitrogens with zero attached hydrogens (tertiary/aromatic N) is 6. The number of aliphatic hydroxyl groups is 1. The molecule has 3 heterocycles. The molecule has 3 atom stereocenters. The molecule has 32 heavy (non-hydrogen) atoms. The number of amides is 1. The summed E-state index contributed by atoms with van der Waals surface area (Å²) in [4.78, 5) is 30.2. The van der Waals surface area contributed by atoms with Crippen molar-refractivity contribution in [1.82, 2.24) is 34.4 Å². The Morgan fingerprint density at radius 3 is 2.94 bits per heavy atom. The summed E-state index contributed by atoms with van der Waals surface area (Å²) in [6, 6.07) is 7.18. The average molecular weight is 435 g/mol. The molecule has 4 aromatic rings. The number of carbonyl (C=O) groups is 1. The molecule has 1 fully saturated rings. The predicted molar refractivity (Wildman–Crippen MR) is 120 cm³/mol. The molecule has 5 rings (SSSR count). The molecule has 1 aliphatic rings. The number of rotatable bonds is 5. The third-order valence-electron chi connectivity index (χ3n) is 6.26. The molecule has 10 heteroatoms. The highest BCUT2D eigenvalue weighted by atomic mass is 16.3. The van der Waals surface area contributed by atoms with Crippen molar-refractivity contribution in [3.8, 4) is 0 Å². The van der Waals surface area contributed by atoms with Crippen LogP contribution in [-0.4, -0.2) is 52.2 Å². The van der Waals surface area contributed by atoms with Crippen molar-refractivity contribution in [3.63, 3.8) is 0 Å². The molecule has 4 N–H and O–H groups in total. The van der Waals surface area contributed by atoms with Crippen LogP contribution in [0.4, 0.5) is 5.82 Å². The molecule has 10 nitrogen and oxygen atoms in total. The number of nitrogens with one attached hydrogen (secondary N) is 1. The summed E-state index contributed by atoms with van der Waals surface area (Å²) in [7, 11) is 0. The average Bonchev–Trinajstić information content (AvgIpc) is 3.38. The van der Waals surface area contributed by atoms with Gasteiger partial charge in [-0.3, -0.25) is 4.79 Å². The molecule has 1 aromatic carbocycles. The van der Waals surface area contributed by atoms with E-state index in [-0.39, 0.29) is 24.5 Å². The predicted octanol–water partition coefficient (Wildman–Crippen LogP) is 1.59. The second-order valence-electron chi connectivity index (χ2n) is 8.20. The number of nitrogen functional groups attached to an aromatic ring is 1. The van der Waals surface area contributed by atoms with Gasteiger partial charge >= 0.3 is 0 Å². The van der Waals surface area contributed by atoms with Gasteiger partial charge in [0.25, 0.3) is 0 Å². The SMILES string of the molecule is CCc1nc2ccccc2n1CC(=O)N[C@H]1CCC[C@H](n2cnc3c(N)ncnc32)[C@H]1O. The first-order valence-corrected chi connectivity index (χ1v) is 10.9. The number of para-hydroxylation sites is 2. The van der Waals surface area contributed by atoms with E-state index in [4.69, 9.17) is 5.73 Å². The van der Waals surface area contributed by atoms with E-state index in [1.165, 1.54) is 6.33 Å². The fourth-order valence-electron chi connectivity index (χ4n) is 4.70. The summed E-state index contributed by atoms with van der Waals surface area (Å²) in [6.07, 6.45) is 5.32. The van der Waals surface area contributed by atoms with E-state index < -0.39 is 6.10 Å². The van der Waals surface area contributed by atoms with Crippen LogP contribution in [0.3, 0.4) is 0 Å². The van der Waals surface area contributed by atoms with Crippen molar-refractivity contribution in [3.05, 3.63) is 42.7 Å². The van der Waals surface area contributed by atoms with Crippen molar-refractivity contribution in [1.29, 1.82) is 0 Å². The van der Waals surface area contributed by atoms with Crippen LogP contribution in [0.1, 0.15) is 38.1 Å². The molecule has 1 aliphatic carbocycles. The van der Waals surface area contributed by atoms with E-state index in [9.17, 15) is 9.90 Å². The van der Waals surface area contributed by atoms with E-state index in [1.54, 1.807) is 6.33 Å². The van der Waals surface area contributed by atoms with Crippen molar-refractivity contribution in [2.45, 2.75) is 57.3 Å². The maximum Gasteiger partial charge on any atom is 0.240 e. The lowest BCUT2D eigenvalue weighted by Crippen LogP contribution is -2.50. The van der Waals surface area contributed by atoms with E-state index in [0.29, 0.717) is 23.4 Å². The molecule has 1 amide bonds. The van der Waals surface area contributed by atoms with Gasteiger partial charge in [0.15, 0.2) is 11.5 Å². The number of aromatic nitrogens is 6. The Labute approximate surface area is 184 Å². The number of aliphatic hydroxyl groups excluding tert-OH is 1. The Kier molecular flexibility index (Phi) is 5.22. The first-order valence-electron chi connectivity index (χ1n) is 10.9.